The maximum Gasteiger partial charge on any atom is 0.334 e. The summed E-state index contributed by atoms with van der Waals surface area (Å²) in [5, 5.41) is 11.0. The summed E-state index contributed by atoms with van der Waals surface area (Å²) >= 11 is 0. The highest BCUT2D eigenvalue weighted by molar-refractivity contribution is 5.90. The number of fused-ring (bicyclic) bond motifs is 2. The van der Waals surface area contributed by atoms with Gasteiger partial charge in [-0.2, -0.15) is 0 Å². The van der Waals surface area contributed by atoms with Crippen molar-refractivity contribution in [3.63, 3.8) is 0 Å². The van der Waals surface area contributed by atoms with Gasteiger partial charge in [0.15, 0.2) is 0 Å². The van der Waals surface area contributed by atoms with Gasteiger partial charge in [0.1, 0.15) is 6.10 Å². The van der Waals surface area contributed by atoms with E-state index in [1.807, 2.05) is 6.92 Å². The highest BCUT2D eigenvalue weighted by atomic mass is 16.6. The van der Waals surface area contributed by atoms with E-state index >= 15 is 0 Å². The first-order valence-electron chi connectivity index (χ1n) is 6.73. The van der Waals surface area contributed by atoms with Gasteiger partial charge in [-0.05, 0) is 43.6 Å². The van der Waals surface area contributed by atoms with Crippen LogP contribution in [0.4, 0.5) is 0 Å². The van der Waals surface area contributed by atoms with Crippen LogP contribution < -0.4 is 0 Å². The standard InChI is InChI=1S/C15H20O3/c1-8-6-13-11(10(3)14(16)18-13)7-15(17)9(2)4-5-12(8)15/h4,8,11-13,17H,3,5-7H2,1-2H3. The predicted molar refractivity (Wildman–Crippen MR) is 67.7 cm³/mol. The molecule has 1 heterocycles. The molecule has 18 heavy (non-hydrogen) atoms. The van der Waals surface area contributed by atoms with Crippen molar-refractivity contribution in [2.45, 2.75) is 44.8 Å². The second-order valence-electron chi connectivity index (χ2n) is 6.15. The minimum atomic E-state index is -0.768. The molecule has 0 amide bonds. The predicted octanol–water partition coefficient (Wildman–Crippen LogP) is 2.21. The number of hydrogen-bond acceptors (Lipinski definition) is 3. The van der Waals surface area contributed by atoms with Crippen LogP contribution in [0.25, 0.3) is 0 Å². The summed E-state index contributed by atoms with van der Waals surface area (Å²) in [6.45, 7) is 8.00. The number of rotatable bonds is 0. The molecule has 2 aliphatic carbocycles. The molecule has 1 aliphatic heterocycles. The lowest BCUT2D eigenvalue weighted by molar-refractivity contribution is -0.139. The molecule has 0 bridgehead atoms. The Bertz CT molecular complexity index is 451. The van der Waals surface area contributed by atoms with Crippen molar-refractivity contribution in [2.75, 3.05) is 0 Å². The Labute approximate surface area is 108 Å². The maximum absolute atomic E-state index is 11.6. The Hall–Kier alpha value is -1.09. The van der Waals surface area contributed by atoms with E-state index in [1.165, 1.54) is 0 Å². The van der Waals surface area contributed by atoms with Crippen LogP contribution in [0.5, 0.6) is 0 Å². The van der Waals surface area contributed by atoms with Crippen molar-refractivity contribution >= 4 is 5.97 Å². The first-order chi connectivity index (χ1) is 8.43. The summed E-state index contributed by atoms with van der Waals surface area (Å²) < 4.78 is 5.40. The van der Waals surface area contributed by atoms with E-state index in [9.17, 15) is 9.90 Å². The summed E-state index contributed by atoms with van der Waals surface area (Å²) in [6.07, 6.45) is 4.41. The van der Waals surface area contributed by atoms with Crippen LogP contribution in [0, 0.1) is 17.8 Å². The first-order valence-corrected chi connectivity index (χ1v) is 6.73. The third-order valence-corrected chi connectivity index (χ3v) is 5.21. The Morgan fingerprint density at radius 3 is 3.00 bits per heavy atom. The second kappa shape index (κ2) is 3.70. The van der Waals surface area contributed by atoms with Crippen LogP contribution in [-0.4, -0.2) is 22.8 Å². The average Bonchev–Trinajstić information content (AvgIpc) is 2.69. The largest absolute Gasteiger partial charge is 0.458 e. The molecule has 1 saturated heterocycles. The number of ether oxygens (including phenoxy) is 1. The normalized spacial score (nSPS) is 47.2. The van der Waals surface area contributed by atoms with Crippen molar-refractivity contribution in [1.82, 2.24) is 0 Å². The molecule has 98 valence electrons. The van der Waals surface area contributed by atoms with E-state index in [1.54, 1.807) is 0 Å². The van der Waals surface area contributed by atoms with Crippen LogP contribution in [-0.2, 0) is 9.53 Å². The molecule has 0 aromatic rings. The van der Waals surface area contributed by atoms with Gasteiger partial charge in [0.05, 0.1) is 5.60 Å². The molecule has 3 heteroatoms. The Morgan fingerprint density at radius 1 is 1.56 bits per heavy atom. The molecule has 1 N–H and O–H groups in total. The van der Waals surface area contributed by atoms with Gasteiger partial charge in [-0.15, -0.1) is 0 Å². The number of esters is 1. The molecular formula is C15H20O3. The molecule has 5 unspecified atom stereocenters. The third-order valence-electron chi connectivity index (χ3n) is 5.21. The number of carbonyl (C=O) groups is 1. The van der Waals surface area contributed by atoms with Crippen LogP contribution in [0.2, 0.25) is 0 Å². The Balaban J connectivity index is 1.98. The fraction of sp³-hybridized carbons (Fsp3) is 0.667. The van der Waals surface area contributed by atoms with Gasteiger partial charge in [0.25, 0.3) is 0 Å². The van der Waals surface area contributed by atoms with Crippen molar-refractivity contribution in [3.8, 4) is 0 Å². The smallest absolute Gasteiger partial charge is 0.334 e. The fourth-order valence-electron chi connectivity index (χ4n) is 3.99. The quantitative estimate of drug-likeness (QED) is 0.406. The highest BCUT2D eigenvalue weighted by Crippen LogP contribution is 2.51. The molecule has 0 aromatic heterocycles. The van der Waals surface area contributed by atoms with E-state index in [0.29, 0.717) is 17.9 Å². The maximum atomic E-state index is 11.6. The monoisotopic (exact) mass is 248 g/mol. The summed E-state index contributed by atoms with van der Waals surface area (Å²) in [6, 6.07) is 0. The van der Waals surface area contributed by atoms with Crippen LogP contribution in [0.1, 0.15) is 33.1 Å². The molecule has 3 nitrogen and oxygen atoms in total. The van der Waals surface area contributed by atoms with Crippen molar-refractivity contribution in [3.05, 3.63) is 23.8 Å². The van der Waals surface area contributed by atoms with Crippen LogP contribution >= 0.6 is 0 Å². The van der Waals surface area contributed by atoms with Gasteiger partial charge in [0, 0.05) is 11.5 Å². The van der Waals surface area contributed by atoms with Crippen molar-refractivity contribution in [2.24, 2.45) is 17.8 Å². The van der Waals surface area contributed by atoms with Crippen molar-refractivity contribution < 1.29 is 14.6 Å². The molecule has 3 rings (SSSR count). The van der Waals surface area contributed by atoms with Gasteiger partial charge in [-0.25, -0.2) is 4.79 Å². The van der Waals surface area contributed by atoms with E-state index in [4.69, 9.17) is 4.74 Å². The fourth-order valence-corrected chi connectivity index (χ4v) is 3.99. The molecule has 0 aromatic carbocycles. The lowest BCUT2D eigenvalue weighted by Crippen LogP contribution is -2.39. The topological polar surface area (TPSA) is 46.5 Å². The Kier molecular flexibility index (Phi) is 2.46. The highest BCUT2D eigenvalue weighted by Gasteiger charge is 2.53. The van der Waals surface area contributed by atoms with E-state index in [-0.39, 0.29) is 23.9 Å². The number of hydrogen-bond donors (Lipinski definition) is 1. The lowest BCUT2D eigenvalue weighted by Gasteiger charge is -2.34. The molecule has 5 atom stereocenters. The SMILES string of the molecule is C=C1C(=O)OC2CC(C)C3CC=C(C)C3(O)CC12. The molecule has 1 saturated carbocycles. The van der Waals surface area contributed by atoms with E-state index in [2.05, 4.69) is 19.6 Å². The number of allylic oxidation sites excluding steroid dienone is 1. The zero-order valence-corrected chi connectivity index (χ0v) is 11.0. The van der Waals surface area contributed by atoms with Gasteiger partial charge >= 0.3 is 5.97 Å². The van der Waals surface area contributed by atoms with Gasteiger partial charge < -0.3 is 9.84 Å². The van der Waals surface area contributed by atoms with E-state index in [0.717, 1.165) is 18.4 Å². The zero-order chi connectivity index (χ0) is 13.1. The summed E-state index contributed by atoms with van der Waals surface area (Å²) in [5.74, 6) is 0.322. The number of aliphatic hydroxyl groups is 1. The van der Waals surface area contributed by atoms with Gasteiger partial charge in [0.2, 0.25) is 0 Å². The first kappa shape index (κ1) is 12.0. The molecular weight excluding hydrogens is 228 g/mol. The average molecular weight is 248 g/mol. The zero-order valence-electron chi connectivity index (χ0n) is 11.0. The second-order valence-corrected chi connectivity index (χ2v) is 6.15. The minimum Gasteiger partial charge on any atom is -0.458 e. The summed E-state index contributed by atoms with van der Waals surface area (Å²) in [5.41, 5.74) is 0.823. The lowest BCUT2D eigenvalue weighted by atomic mass is 9.76. The number of carbonyl (C=O) groups excluding carboxylic acids is 1. The molecule has 3 aliphatic rings. The van der Waals surface area contributed by atoms with Gasteiger partial charge in [-0.3, -0.25) is 0 Å². The van der Waals surface area contributed by atoms with Crippen molar-refractivity contribution in [1.29, 1.82) is 0 Å². The van der Waals surface area contributed by atoms with Crippen LogP contribution in [0.15, 0.2) is 23.8 Å². The molecule has 0 spiro atoms. The molecule has 2 fully saturated rings. The summed E-state index contributed by atoms with van der Waals surface area (Å²) in [4.78, 5) is 11.6. The summed E-state index contributed by atoms with van der Waals surface area (Å²) in [7, 11) is 0. The van der Waals surface area contributed by atoms with E-state index < -0.39 is 5.60 Å². The van der Waals surface area contributed by atoms with Gasteiger partial charge in [-0.1, -0.05) is 19.6 Å². The van der Waals surface area contributed by atoms with Crippen LogP contribution in [0.3, 0.4) is 0 Å². The Morgan fingerprint density at radius 2 is 2.28 bits per heavy atom. The molecule has 0 radical (unpaired) electrons. The minimum absolute atomic E-state index is 0.0172. The third kappa shape index (κ3) is 1.43.